The van der Waals surface area contributed by atoms with Crippen molar-refractivity contribution in [2.75, 3.05) is 24.9 Å². The number of hydrogen-bond acceptors (Lipinski definition) is 5. The summed E-state index contributed by atoms with van der Waals surface area (Å²) in [5.74, 6) is 1.16. The first-order chi connectivity index (χ1) is 14.1. The highest BCUT2D eigenvalue weighted by Crippen LogP contribution is 2.27. The summed E-state index contributed by atoms with van der Waals surface area (Å²) in [6.07, 6.45) is 4.21. The Balaban J connectivity index is 1.65. The Bertz CT molecular complexity index is 971. The number of rotatable bonds is 8. The molecule has 0 spiro atoms. The topological polar surface area (TPSA) is 72.5 Å². The Morgan fingerprint density at radius 1 is 0.897 bits per heavy atom. The maximum Gasteiger partial charge on any atom is 0.257 e. The smallest absolute Gasteiger partial charge is 0.257 e. The largest absolute Gasteiger partial charge is 0.493 e. The summed E-state index contributed by atoms with van der Waals surface area (Å²) in [7, 11) is 3.22. The molecule has 0 atom stereocenters. The summed E-state index contributed by atoms with van der Waals surface area (Å²) in [5.41, 5.74) is 4.26. The van der Waals surface area contributed by atoms with Crippen LogP contribution >= 0.6 is 0 Å². The maximum atomic E-state index is 12.5. The van der Waals surface area contributed by atoms with Gasteiger partial charge in [0, 0.05) is 24.6 Å². The van der Waals surface area contributed by atoms with Crippen LogP contribution < -0.4 is 20.1 Å². The van der Waals surface area contributed by atoms with Crippen LogP contribution in [0, 0.1) is 0 Å². The van der Waals surface area contributed by atoms with Crippen LogP contribution in [-0.4, -0.2) is 25.1 Å². The minimum atomic E-state index is -0.198. The molecule has 6 heteroatoms. The molecule has 29 heavy (non-hydrogen) atoms. The van der Waals surface area contributed by atoms with Gasteiger partial charge in [-0.15, -0.1) is 0 Å². The highest BCUT2D eigenvalue weighted by Gasteiger charge is 2.09. The number of anilines is 2. The van der Waals surface area contributed by atoms with E-state index in [0.717, 1.165) is 23.4 Å². The van der Waals surface area contributed by atoms with Gasteiger partial charge >= 0.3 is 0 Å². The molecule has 0 aliphatic rings. The van der Waals surface area contributed by atoms with Gasteiger partial charge in [-0.25, -0.2) is 0 Å². The second kappa shape index (κ2) is 9.59. The quantitative estimate of drug-likeness (QED) is 0.590. The number of aromatic nitrogens is 1. The van der Waals surface area contributed by atoms with E-state index in [4.69, 9.17) is 9.47 Å². The monoisotopic (exact) mass is 391 g/mol. The van der Waals surface area contributed by atoms with Gasteiger partial charge in [0.1, 0.15) is 0 Å². The lowest BCUT2D eigenvalue weighted by molar-refractivity contribution is 0.102. The van der Waals surface area contributed by atoms with Crippen LogP contribution in [0.15, 0.2) is 60.9 Å². The van der Waals surface area contributed by atoms with Gasteiger partial charge in [0.25, 0.3) is 5.91 Å². The maximum absolute atomic E-state index is 12.5. The van der Waals surface area contributed by atoms with E-state index in [1.807, 2.05) is 42.5 Å². The van der Waals surface area contributed by atoms with Crippen molar-refractivity contribution in [2.45, 2.75) is 19.9 Å². The third-order valence-electron chi connectivity index (χ3n) is 4.57. The van der Waals surface area contributed by atoms with E-state index < -0.39 is 0 Å². The summed E-state index contributed by atoms with van der Waals surface area (Å²) in [5, 5.41) is 6.19. The van der Waals surface area contributed by atoms with Gasteiger partial charge in [-0.2, -0.15) is 0 Å². The van der Waals surface area contributed by atoms with E-state index in [1.54, 1.807) is 32.7 Å². The van der Waals surface area contributed by atoms with Gasteiger partial charge < -0.3 is 20.1 Å². The minimum absolute atomic E-state index is 0.198. The molecule has 0 aliphatic carbocycles. The summed E-state index contributed by atoms with van der Waals surface area (Å²) < 4.78 is 10.6. The number of methoxy groups -OCH3 is 2. The van der Waals surface area contributed by atoms with Crippen molar-refractivity contribution in [1.82, 2.24) is 4.98 Å². The number of benzene rings is 2. The molecule has 0 aliphatic heterocycles. The normalized spacial score (nSPS) is 10.3. The number of carbonyl (C=O) groups excluding carboxylic acids is 1. The lowest BCUT2D eigenvalue weighted by Crippen LogP contribution is -2.13. The predicted molar refractivity (Wildman–Crippen MR) is 115 cm³/mol. The SMILES string of the molecule is CCc1ccc(NC(=O)c2cncc(NCc3ccc(OC)c(OC)c3)c2)cc1. The third kappa shape index (κ3) is 5.25. The van der Waals surface area contributed by atoms with E-state index in [-0.39, 0.29) is 5.91 Å². The Kier molecular flexibility index (Phi) is 6.68. The van der Waals surface area contributed by atoms with Gasteiger partial charge in [-0.05, 0) is 47.9 Å². The van der Waals surface area contributed by atoms with E-state index in [9.17, 15) is 4.79 Å². The molecule has 0 fully saturated rings. The molecule has 1 amide bonds. The molecule has 0 bridgehead atoms. The van der Waals surface area contributed by atoms with Crippen LogP contribution in [0.5, 0.6) is 11.5 Å². The molecular weight excluding hydrogens is 366 g/mol. The Morgan fingerprint density at radius 3 is 2.31 bits per heavy atom. The highest BCUT2D eigenvalue weighted by atomic mass is 16.5. The van der Waals surface area contributed by atoms with Crippen LogP contribution in [0.2, 0.25) is 0 Å². The third-order valence-corrected chi connectivity index (χ3v) is 4.57. The Hall–Kier alpha value is -3.54. The van der Waals surface area contributed by atoms with Gasteiger partial charge in [0.2, 0.25) is 0 Å². The van der Waals surface area contributed by atoms with Crippen LogP contribution in [-0.2, 0) is 13.0 Å². The van der Waals surface area contributed by atoms with Gasteiger partial charge in [0.05, 0.1) is 25.5 Å². The van der Waals surface area contributed by atoms with Crippen molar-refractivity contribution >= 4 is 17.3 Å². The Labute approximate surface area is 170 Å². The van der Waals surface area contributed by atoms with Crippen molar-refractivity contribution in [2.24, 2.45) is 0 Å². The molecule has 1 heterocycles. The van der Waals surface area contributed by atoms with E-state index >= 15 is 0 Å². The first-order valence-electron chi connectivity index (χ1n) is 9.43. The van der Waals surface area contributed by atoms with Crippen molar-refractivity contribution < 1.29 is 14.3 Å². The number of pyridine rings is 1. The number of ether oxygens (including phenoxy) is 2. The zero-order chi connectivity index (χ0) is 20.6. The summed E-state index contributed by atoms with van der Waals surface area (Å²) in [6.45, 7) is 2.66. The molecule has 0 saturated carbocycles. The second-order valence-corrected chi connectivity index (χ2v) is 6.51. The fraction of sp³-hybridized carbons (Fsp3) is 0.217. The van der Waals surface area contributed by atoms with E-state index in [1.165, 1.54) is 5.56 Å². The molecule has 1 aromatic heterocycles. The van der Waals surface area contributed by atoms with Crippen LogP contribution in [0.4, 0.5) is 11.4 Å². The summed E-state index contributed by atoms with van der Waals surface area (Å²) in [4.78, 5) is 16.7. The van der Waals surface area contributed by atoms with Crippen LogP contribution in [0.25, 0.3) is 0 Å². The van der Waals surface area contributed by atoms with Gasteiger partial charge in [0.15, 0.2) is 11.5 Å². The average Bonchev–Trinajstić information content (AvgIpc) is 2.78. The zero-order valence-electron chi connectivity index (χ0n) is 16.9. The zero-order valence-corrected chi connectivity index (χ0v) is 16.9. The van der Waals surface area contributed by atoms with E-state index in [0.29, 0.717) is 23.6 Å². The number of amides is 1. The van der Waals surface area contributed by atoms with Gasteiger partial charge in [-0.3, -0.25) is 9.78 Å². The first kappa shape index (κ1) is 20.2. The molecule has 0 unspecified atom stereocenters. The highest BCUT2D eigenvalue weighted by molar-refractivity contribution is 6.04. The molecule has 0 radical (unpaired) electrons. The molecule has 3 aromatic rings. The second-order valence-electron chi connectivity index (χ2n) is 6.51. The van der Waals surface area contributed by atoms with Crippen molar-refractivity contribution in [3.05, 3.63) is 77.6 Å². The van der Waals surface area contributed by atoms with Gasteiger partial charge in [-0.1, -0.05) is 25.1 Å². The molecule has 2 N–H and O–H groups in total. The lowest BCUT2D eigenvalue weighted by Gasteiger charge is -2.11. The van der Waals surface area contributed by atoms with Crippen molar-refractivity contribution in [1.29, 1.82) is 0 Å². The average molecular weight is 391 g/mol. The fourth-order valence-electron chi connectivity index (χ4n) is 2.88. The molecule has 0 saturated heterocycles. The van der Waals surface area contributed by atoms with Crippen LogP contribution in [0.3, 0.4) is 0 Å². The molecule has 2 aromatic carbocycles. The predicted octanol–water partition coefficient (Wildman–Crippen LogP) is 4.53. The van der Waals surface area contributed by atoms with E-state index in [2.05, 4.69) is 22.5 Å². The van der Waals surface area contributed by atoms with Crippen LogP contribution in [0.1, 0.15) is 28.4 Å². The molecule has 3 rings (SSSR count). The van der Waals surface area contributed by atoms with Crippen molar-refractivity contribution in [3.8, 4) is 11.5 Å². The molecule has 150 valence electrons. The van der Waals surface area contributed by atoms with Crippen molar-refractivity contribution in [3.63, 3.8) is 0 Å². The number of carbonyl (C=O) groups is 1. The summed E-state index contributed by atoms with van der Waals surface area (Å²) >= 11 is 0. The standard InChI is InChI=1S/C23H25N3O3/c1-4-16-5-8-19(9-6-16)26-23(27)18-12-20(15-24-14-18)25-13-17-7-10-21(28-2)22(11-17)29-3/h5-12,14-15,25H,4,13H2,1-3H3,(H,26,27). The number of nitrogens with one attached hydrogen (secondary N) is 2. The summed E-state index contributed by atoms with van der Waals surface area (Å²) in [6, 6.07) is 15.3. The Morgan fingerprint density at radius 2 is 1.62 bits per heavy atom. The molecule has 6 nitrogen and oxygen atoms in total. The number of aryl methyl sites for hydroxylation is 1. The first-order valence-corrected chi connectivity index (χ1v) is 9.43. The minimum Gasteiger partial charge on any atom is -0.493 e. The molecular formula is C23H25N3O3. The number of nitrogens with zero attached hydrogens (tertiary/aromatic N) is 1. The fourth-order valence-corrected chi connectivity index (χ4v) is 2.88. The number of hydrogen-bond donors (Lipinski definition) is 2. The lowest BCUT2D eigenvalue weighted by atomic mass is 10.1.